The quantitative estimate of drug-likeness (QED) is 0.558. The number of hydrogen-bond donors (Lipinski definition) is 0. The molecule has 1 atom stereocenters. The van der Waals surface area contributed by atoms with Gasteiger partial charge >= 0.3 is 5.92 Å². The first-order valence-electron chi connectivity index (χ1n) is 9.05. The lowest BCUT2D eigenvalue weighted by Crippen LogP contribution is -2.30. The molecular weight excluding hydrogens is 358 g/mol. The van der Waals surface area contributed by atoms with Gasteiger partial charge in [-0.05, 0) is 31.7 Å². The summed E-state index contributed by atoms with van der Waals surface area (Å²) in [6.07, 6.45) is 8.60. The molecule has 2 fully saturated rings. The fourth-order valence-corrected chi connectivity index (χ4v) is 4.59. The second kappa shape index (κ2) is 5.35. The van der Waals surface area contributed by atoms with Crippen LogP contribution < -0.4 is 4.90 Å². The Bertz CT molecular complexity index is 874. The lowest BCUT2D eigenvalue weighted by atomic mass is 9.83. The first kappa shape index (κ1) is 16.4. The van der Waals surface area contributed by atoms with Gasteiger partial charge in [0.25, 0.3) is 0 Å². The third kappa shape index (κ3) is 2.27. The fraction of sp³-hybridized carbons (Fsp3) is 0.526. The molecule has 0 aromatic carbocycles. The summed E-state index contributed by atoms with van der Waals surface area (Å²) in [6, 6.07) is 3.74. The van der Waals surface area contributed by atoms with E-state index < -0.39 is 11.7 Å². The highest BCUT2D eigenvalue weighted by atomic mass is 35.5. The highest BCUT2D eigenvalue weighted by molar-refractivity contribution is 6.24. The van der Waals surface area contributed by atoms with E-state index in [4.69, 9.17) is 11.6 Å². The van der Waals surface area contributed by atoms with Crippen molar-refractivity contribution < 1.29 is 8.78 Å². The van der Waals surface area contributed by atoms with Gasteiger partial charge in [-0.15, -0.1) is 0 Å². The summed E-state index contributed by atoms with van der Waals surface area (Å²) < 4.78 is 28.1. The van der Waals surface area contributed by atoms with Gasteiger partial charge in [0.05, 0.1) is 5.69 Å². The largest absolute Gasteiger partial charge is 0.308 e. The van der Waals surface area contributed by atoms with Gasteiger partial charge in [0.2, 0.25) is 5.82 Å². The Morgan fingerprint density at radius 2 is 2.04 bits per heavy atom. The molecule has 2 aromatic rings. The smallest absolute Gasteiger partial charge is 0.303 e. The molecule has 136 valence electrons. The van der Waals surface area contributed by atoms with Crippen LogP contribution in [-0.4, -0.2) is 20.5 Å². The lowest BCUT2D eigenvalue weighted by Gasteiger charge is -2.29. The third-order valence-electron chi connectivity index (χ3n) is 5.96. The van der Waals surface area contributed by atoms with Gasteiger partial charge in [0.15, 0.2) is 0 Å². The van der Waals surface area contributed by atoms with E-state index in [-0.39, 0.29) is 16.8 Å². The summed E-state index contributed by atoms with van der Waals surface area (Å²) >= 11 is 6.83. The Hall–Kier alpha value is -1.82. The zero-order valence-electron chi connectivity index (χ0n) is 14.4. The summed E-state index contributed by atoms with van der Waals surface area (Å²) in [6.45, 7) is 0.846. The molecule has 2 aliphatic carbocycles. The van der Waals surface area contributed by atoms with E-state index in [0.29, 0.717) is 11.5 Å². The van der Waals surface area contributed by atoms with E-state index in [1.165, 1.54) is 0 Å². The number of halogens is 3. The number of fused-ring (bicyclic) bond motifs is 2. The number of hydrogen-bond acceptors (Lipinski definition) is 4. The summed E-state index contributed by atoms with van der Waals surface area (Å²) in [5, 5.41) is 0. The number of anilines is 2. The summed E-state index contributed by atoms with van der Waals surface area (Å²) in [4.78, 5) is 14.6. The van der Waals surface area contributed by atoms with Crippen LogP contribution in [0, 0.1) is 0 Å². The van der Waals surface area contributed by atoms with E-state index in [1.54, 1.807) is 6.20 Å². The Labute approximate surface area is 155 Å². The number of nitrogens with zero attached hydrogens (tertiary/aromatic N) is 4. The van der Waals surface area contributed by atoms with Crippen molar-refractivity contribution in [1.82, 2.24) is 15.0 Å². The molecule has 0 radical (unpaired) electrons. The molecule has 3 aliphatic rings. The van der Waals surface area contributed by atoms with Crippen molar-refractivity contribution in [1.29, 1.82) is 0 Å². The number of aromatic nitrogens is 3. The van der Waals surface area contributed by atoms with Gasteiger partial charge in [0.1, 0.15) is 11.3 Å². The van der Waals surface area contributed by atoms with Crippen molar-refractivity contribution in [2.75, 3.05) is 4.90 Å². The topological polar surface area (TPSA) is 41.9 Å². The van der Waals surface area contributed by atoms with Crippen LogP contribution >= 0.6 is 11.6 Å². The van der Waals surface area contributed by atoms with Gasteiger partial charge in [-0.25, -0.2) is 9.97 Å². The molecule has 1 spiro atoms. The molecule has 2 saturated carbocycles. The third-order valence-corrected chi connectivity index (χ3v) is 6.57. The summed E-state index contributed by atoms with van der Waals surface area (Å²) in [5.41, 5.74) is 2.23. The molecule has 26 heavy (non-hydrogen) atoms. The first-order valence-corrected chi connectivity index (χ1v) is 9.49. The van der Waals surface area contributed by atoms with Gasteiger partial charge in [-0.2, -0.15) is 8.78 Å². The van der Waals surface area contributed by atoms with Crippen LogP contribution in [0.2, 0.25) is 0 Å². The van der Waals surface area contributed by atoms with Crippen molar-refractivity contribution in [3.05, 3.63) is 41.6 Å². The fourth-order valence-electron chi connectivity index (χ4n) is 4.05. The van der Waals surface area contributed by atoms with Crippen LogP contribution in [0.15, 0.2) is 24.5 Å². The molecule has 0 saturated heterocycles. The van der Waals surface area contributed by atoms with Crippen molar-refractivity contribution in [3.63, 3.8) is 0 Å². The number of pyridine rings is 1. The van der Waals surface area contributed by atoms with Gasteiger partial charge in [-0.3, -0.25) is 4.98 Å². The van der Waals surface area contributed by atoms with Gasteiger partial charge < -0.3 is 4.90 Å². The van der Waals surface area contributed by atoms with Crippen molar-refractivity contribution in [3.8, 4) is 0 Å². The van der Waals surface area contributed by atoms with E-state index in [1.807, 2.05) is 23.2 Å². The predicted octanol–water partition coefficient (Wildman–Crippen LogP) is 5.00. The summed E-state index contributed by atoms with van der Waals surface area (Å²) in [5.74, 6) is -2.81. The van der Waals surface area contributed by atoms with Gasteiger partial charge in [-0.1, -0.05) is 18.0 Å². The highest BCUT2D eigenvalue weighted by Gasteiger charge is 2.59. The van der Waals surface area contributed by atoms with Gasteiger partial charge in [0, 0.05) is 48.0 Å². The molecule has 4 nitrogen and oxygen atoms in total. The number of alkyl halides is 3. The average molecular weight is 377 g/mol. The minimum Gasteiger partial charge on any atom is -0.308 e. The second-order valence-corrected chi connectivity index (χ2v) is 8.16. The molecule has 2 aromatic heterocycles. The van der Waals surface area contributed by atoms with E-state index in [9.17, 15) is 8.78 Å². The minimum atomic E-state index is -3.09. The van der Waals surface area contributed by atoms with E-state index in [0.717, 1.165) is 50.3 Å². The Morgan fingerprint density at radius 1 is 1.27 bits per heavy atom. The molecule has 0 N–H and O–H groups in total. The average Bonchev–Trinajstić information content (AvgIpc) is 3.30. The SMILES string of the molecule is CC(F)(F)c1nc(C2CCC2)cc(N2c3ccncc3C3(CC3)C2Cl)n1. The van der Waals surface area contributed by atoms with Crippen LogP contribution in [-0.2, 0) is 11.3 Å². The normalized spacial score (nSPS) is 23.8. The second-order valence-electron chi connectivity index (χ2n) is 7.75. The maximum absolute atomic E-state index is 14.1. The highest BCUT2D eigenvalue weighted by Crippen LogP contribution is 2.62. The lowest BCUT2D eigenvalue weighted by molar-refractivity contribution is 0.00739. The minimum absolute atomic E-state index is 0.137. The maximum Gasteiger partial charge on any atom is 0.303 e. The van der Waals surface area contributed by atoms with Crippen LogP contribution in [0.25, 0.3) is 0 Å². The molecule has 3 heterocycles. The molecular formula is C19H19ClF2N4. The summed E-state index contributed by atoms with van der Waals surface area (Å²) in [7, 11) is 0. The molecule has 1 aliphatic heterocycles. The zero-order valence-corrected chi connectivity index (χ0v) is 15.2. The zero-order chi connectivity index (χ0) is 18.1. The molecule has 7 heteroatoms. The maximum atomic E-state index is 14.1. The first-order chi connectivity index (χ1) is 12.4. The predicted molar refractivity (Wildman–Crippen MR) is 95.1 cm³/mol. The molecule has 0 amide bonds. The molecule has 0 bridgehead atoms. The van der Waals surface area contributed by atoms with Crippen LogP contribution in [0.4, 0.5) is 20.3 Å². The van der Waals surface area contributed by atoms with E-state index in [2.05, 4.69) is 15.0 Å². The van der Waals surface area contributed by atoms with Crippen molar-refractivity contribution >= 4 is 23.1 Å². The number of rotatable bonds is 3. The van der Waals surface area contributed by atoms with Crippen LogP contribution in [0.1, 0.15) is 62.0 Å². The Kier molecular flexibility index (Phi) is 3.36. The Balaban J connectivity index is 1.66. The Morgan fingerprint density at radius 3 is 2.65 bits per heavy atom. The van der Waals surface area contributed by atoms with Crippen molar-refractivity contribution in [2.45, 2.75) is 61.8 Å². The molecule has 1 unspecified atom stereocenters. The van der Waals surface area contributed by atoms with Crippen LogP contribution in [0.3, 0.4) is 0 Å². The van der Waals surface area contributed by atoms with E-state index >= 15 is 0 Å². The van der Waals surface area contributed by atoms with Crippen molar-refractivity contribution in [2.24, 2.45) is 0 Å². The molecule has 5 rings (SSSR count). The standard InChI is InChI=1S/C19H19ClF2N4/c1-18(21,22)17-24-13(11-3-2-4-11)9-15(25-17)26-14-5-8-23-10-12(14)19(6-7-19)16(26)20/h5,8-11,16H,2-4,6-7H2,1H3. The monoisotopic (exact) mass is 376 g/mol. The van der Waals surface area contributed by atoms with Crippen LogP contribution in [0.5, 0.6) is 0 Å².